The molecule has 26 heavy (non-hydrogen) atoms. The smallest absolute Gasteiger partial charge is 0.227 e. The van der Waals surface area contributed by atoms with E-state index in [4.69, 9.17) is 14.2 Å². The standard InChI is InChI=1S/C17H24N6O3/c1-3-16-19-14(21-26-16)9-22(2)15-6-13(11-4-5-25-10-11)18-17(20-15)23-7-12(24)8-23/h6,11-12,24H,3-5,7-10H2,1-2H3/t11-/m0/s1. The number of aliphatic hydroxyl groups is 1. The Morgan fingerprint density at radius 2 is 2.15 bits per heavy atom. The fourth-order valence-corrected chi connectivity index (χ4v) is 3.16. The van der Waals surface area contributed by atoms with Crippen molar-refractivity contribution in [1.29, 1.82) is 0 Å². The number of aliphatic hydroxyl groups excluding tert-OH is 1. The average Bonchev–Trinajstić information content (AvgIpc) is 3.30. The van der Waals surface area contributed by atoms with E-state index >= 15 is 0 Å². The van der Waals surface area contributed by atoms with E-state index in [2.05, 4.69) is 15.1 Å². The summed E-state index contributed by atoms with van der Waals surface area (Å²) in [6, 6.07) is 2.01. The summed E-state index contributed by atoms with van der Waals surface area (Å²) in [5, 5.41) is 13.6. The molecule has 0 saturated carbocycles. The molecule has 2 aromatic rings. The lowest BCUT2D eigenvalue weighted by atomic mass is 10.0. The molecule has 0 radical (unpaired) electrons. The molecule has 0 aromatic carbocycles. The molecule has 2 fully saturated rings. The topological polar surface area (TPSA) is 101 Å². The Balaban J connectivity index is 1.58. The Bertz CT molecular complexity index is 755. The lowest BCUT2D eigenvalue weighted by molar-refractivity contribution is 0.140. The van der Waals surface area contributed by atoms with Crippen LogP contribution in [0.15, 0.2) is 10.6 Å². The monoisotopic (exact) mass is 360 g/mol. The Hall–Kier alpha value is -2.26. The molecule has 140 valence electrons. The van der Waals surface area contributed by atoms with Gasteiger partial charge in [-0.25, -0.2) is 4.98 Å². The molecule has 1 atom stereocenters. The van der Waals surface area contributed by atoms with Crippen molar-refractivity contribution in [1.82, 2.24) is 20.1 Å². The van der Waals surface area contributed by atoms with Gasteiger partial charge in [-0.2, -0.15) is 9.97 Å². The van der Waals surface area contributed by atoms with Crippen molar-refractivity contribution in [2.75, 3.05) is 43.2 Å². The van der Waals surface area contributed by atoms with Gasteiger partial charge in [-0.05, 0) is 6.42 Å². The van der Waals surface area contributed by atoms with E-state index in [9.17, 15) is 5.11 Å². The van der Waals surface area contributed by atoms with E-state index in [1.807, 2.05) is 29.8 Å². The van der Waals surface area contributed by atoms with Gasteiger partial charge in [0.2, 0.25) is 11.8 Å². The Morgan fingerprint density at radius 1 is 1.31 bits per heavy atom. The molecule has 2 saturated heterocycles. The first kappa shape index (κ1) is 17.2. The summed E-state index contributed by atoms with van der Waals surface area (Å²) in [6.07, 6.45) is 1.38. The molecule has 9 nitrogen and oxygen atoms in total. The zero-order chi connectivity index (χ0) is 18.1. The van der Waals surface area contributed by atoms with Crippen LogP contribution in [0.2, 0.25) is 0 Å². The van der Waals surface area contributed by atoms with Crippen molar-refractivity contribution in [2.45, 2.75) is 38.3 Å². The summed E-state index contributed by atoms with van der Waals surface area (Å²) >= 11 is 0. The second kappa shape index (κ2) is 7.16. The molecule has 0 bridgehead atoms. The highest BCUT2D eigenvalue weighted by Crippen LogP contribution is 2.29. The van der Waals surface area contributed by atoms with Gasteiger partial charge in [0.1, 0.15) is 5.82 Å². The number of β-amino-alcohol motifs (C(OH)–C–C–N with tert-alkyl or cyclic N) is 1. The molecule has 1 N–H and O–H groups in total. The molecule has 9 heteroatoms. The number of aryl methyl sites for hydroxylation is 1. The summed E-state index contributed by atoms with van der Waals surface area (Å²) in [5.74, 6) is 3.02. The summed E-state index contributed by atoms with van der Waals surface area (Å²) in [4.78, 5) is 17.8. The number of rotatable bonds is 6. The molecule has 0 aliphatic carbocycles. The highest BCUT2D eigenvalue weighted by molar-refractivity contribution is 5.47. The first-order chi connectivity index (χ1) is 12.6. The van der Waals surface area contributed by atoms with Crippen molar-refractivity contribution in [2.24, 2.45) is 0 Å². The van der Waals surface area contributed by atoms with Gasteiger partial charge in [-0.3, -0.25) is 0 Å². The van der Waals surface area contributed by atoms with Gasteiger partial charge in [0.05, 0.1) is 24.9 Å². The van der Waals surface area contributed by atoms with Gasteiger partial charge in [0, 0.05) is 45.1 Å². The minimum atomic E-state index is -0.301. The van der Waals surface area contributed by atoms with Crippen molar-refractivity contribution in [3.05, 3.63) is 23.5 Å². The lowest BCUT2D eigenvalue weighted by Gasteiger charge is -2.36. The summed E-state index contributed by atoms with van der Waals surface area (Å²) in [5.41, 5.74) is 0.984. The fourth-order valence-electron chi connectivity index (χ4n) is 3.16. The van der Waals surface area contributed by atoms with Crippen LogP contribution in [0.3, 0.4) is 0 Å². The van der Waals surface area contributed by atoms with Crippen LogP contribution in [0.4, 0.5) is 11.8 Å². The largest absolute Gasteiger partial charge is 0.389 e. The first-order valence-corrected chi connectivity index (χ1v) is 9.04. The maximum Gasteiger partial charge on any atom is 0.227 e. The molecule has 0 amide bonds. The van der Waals surface area contributed by atoms with Crippen LogP contribution in [0, 0.1) is 0 Å². The van der Waals surface area contributed by atoms with Crippen LogP contribution in [0.5, 0.6) is 0 Å². The first-order valence-electron chi connectivity index (χ1n) is 9.04. The van der Waals surface area contributed by atoms with E-state index in [0.29, 0.717) is 43.9 Å². The third-order valence-corrected chi connectivity index (χ3v) is 4.80. The zero-order valence-corrected chi connectivity index (χ0v) is 15.1. The van der Waals surface area contributed by atoms with Gasteiger partial charge in [0.15, 0.2) is 5.82 Å². The number of nitrogens with zero attached hydrogens (tertiary/aromatic N) is 6. The maximum absolute atomic E-state index is 9.60. The average molecular weight is 360 g/mol. The zero-order valence-electron chi connectivity index (χ0n) is 15.1. The minimum Gasteiger partial charge on any atom is -0.389 e. The molecular weight excluding hydrogens is 336 g/mol. The van der Waals surface area contributed by atoms with Crippen LogP contribution in [0.1, 0.15) is 36.7 Å². The second-order valence-electron chi connectivity index (χ2n) is 6.88. The van der Waals surface area contributed by atoms with Crippen molar-refractivity contribution in [3.8, 4) is 0 Å². The van der Waals surface area contributed by atoms with Crippen LogP contribution in [-0.2, 0) is 17.7 Å². The summed E-state index contributed by atoms with van der Waals surface area (Å²) in [6.45, 7) is 5.07. The normalized spacial score (nSPS) is 20.4. The molecule has 2 aliphatic rings. The quantitative estimate of drug-likeness (QED) is 0.799. The summed E-state index contributed by atoms with van der Waals surface area (Å²) in [7, 11) is 1.95. The van der Waals surface area contributed by atoms with E-state index in [0.717, 1.165) is 31.0 Å². The third-order valence-electron chi connectivity index (χ3n) is 4.80. The highest BCUT2D eigenvalue weighted by Gasteiger charge is 2.29. The number of ether oxygens (including phenoxy) is 1. The minimum absolute atomic E-state index is 0.284. The Labute approximate surface area is 152 Å². The van der Waals surface area contributed by atoms with Gasteiger partial charge >= 0.3 is 0 Å². The van der Waals surface area contributed by atoms with Crippen molar-refractivity contribution >= 4 is 11.8 Å². The number of hydrogen-bond acceptors (Lipinski definition) is 9. The van der Waals surface area contributed by atoms with Crippen molar-refractivity contribution < 1.29 is 14.4 Å². The van der Waals surface area contributed by atoms with Gasteiger partial charge in [0.25, 0.3) is 0 Å². The van der Waals surface area contributed by atoms with Crippen LogP contribution in [-0.4, -0.2) is 64.7 Å². The molecule has 4 rings (SSSR count). The molecule has 2 aliphatic heterocycles. The SMILES string of the molecule is CCc1nc(CN(C)c2cc([C@H]3CCOC3)nc(N3CC(O)C3)n2)no1. The summed E-state index contributed by atoms with van der Waals surface area (Å²) < 4.78 is 10.7. The van der Waals surface area contributed by atoms with Crippen LogP contribution in [0.25, 0.3) is 0 Å². The molecular formula is C17H24N6O3. The van der Waals surface area contributed by atoms with Gasteiger partial charge in [-0.1, -0.05) is 12.1 Å². The Morgan fingerprint density at radius 3 is 2.81 bits per heavy atom. The number of anilines is 2. The van der Waals surface area contributed by atoms with Gasteiger partial charge in [-0.15, -0.1) is 0 Å². The van der Waals surface area contributed by atoms with E-state index in [1.54, 1.807) is 0 Å². The highest BCUT2D eigenvalue weighted by atomic mass is 16.5. The number of aromatic nitrogens is 4. The van der Waals surface area contributed by atoms with E-state index in [-0.39, 0.29) is 12.0 Å². The molecule has 2 aromatic heterocycles. The maximum atomic E-state index is 9.60. The van der Waals surface area contributed by atoms with E-state index < -0.39 is 0 Å². The predicted octanol–water partition coefficient (Wildman–Crippen LogP) is 0.743. The predicted molar refractivity (Wildman–Crippen MR) is 94.2 cm³/mol. The molecule has 0 unspecified atom stereocenters. The van der Waals surface area contributed by atoms with Crippen LogP contribution < -0.4 is 9.80 Å². The third kappa shape index (κ3) is 3.49. The molecule has 4 heterocycles. The number of hydrogen-bond donors (Lipinski definition) is 1. The lowest BCUT2D eigenvalue weighted by Crippen LogP contribution is -2.51. The Kier molecular flexibility index (Phi) is 4.73. The fraction of sp³-hybridized carbons (Fsp3) is 0.647. The van der Waals surface area contributed by atoms with E-state index in [1.165, 1.54) is 0 Å². The second-order valence-corrected chi connectivity index (χ2v) is 6.88. The van der Waals surface area contributed by atoms with Crippen LogP contribution >= 0.6 is 0 Å². The van der Waals surface area contributed by atoms with Crippen molar-refractivity contribution in [3.63, 3.8) is 0 Å². The molecule has 0 spiro atoms. The van der Waals surface area contributed by atoms with Gasteiger partial charge < -0.3 is 24.2 Å².